The third-order valence-electron chi connectivity index (χ3n) is 2.01. The van der Waals surface area contributed by atoms with E-state index in [0.29, 0.717) is 10.7 Å². The van der Waals surface area contributed by atoms with Crippen molar-refractivity contribution in [1.29, 1.82) is 0 Å². The summed E-state index contributed by atoms with van der Waals surface area (Å²) in [5, 5.41) is 3.33. The van der Waals surface area contributed by atoms with E-state index in [1.165, 1.54) is 0 Å². The number of hydrogen-bond acceptors (Lipinski definition) is 2. The first-order valence-corrected chi connectivity index (χ1v) is 5.05. The van der Waals surface area contributed by atoms with Crippen LogP contribution in [0, 0.1) is 6.92 Å². The Bertz CT molecular complexity index is 386. The first kappa shape index (κ1) is 15.2. The maximum Gasteiger partial charge on any atom is 0.243 e. The molecule has 0 radical (unpaired) electrons. The van der Waals surface area contributed by atoms with Gasteiger partial charge in [-0.1, -0.05) is 17.7 Å². The first-order valence-electron chi connectivity index (χ1n) is 4.67. The van der Waals surface area contributed by atoms with Crippen LogP contribution in [0.3, 0.4) is 0 Å². The highest BCUT2D eigenvalue weighted by molar-refractivity contribution is 6.31. The number of carbonyl (C=O) groups is 1. The molecular formula is C11H16Cl2N2O. The maximum atomic E-state index is 11.6. The van der Waals surface area contributed by atoms with Gasteiger partial charge in [0.1, 0.15) is 0 Å². The molecule has 0 saturated carbocycles. The largest absolute Gasteiger partial charge is 0.324 e. The smallest absolute Gasteiger partial charge is 0.243 e. The molecule has 1 rings (SSSR count). The Morgan fingerprint density at radius 2 is 2.00 bits per heavy atom. The van der Waals surface area contributed by atoms with E-state index in [9.17, 15) is 4.79 Å². The van der Waals surface area contributed by atoms with Gasteiger partial charge in [-0.25, -0.2) is 0 Å². The molecule has 0 spiro atoms. The Kier molecular flexibility index (Phi) is 5.26. The summed E-state index contributed by atoms with van der Waals surface area (Å²) in [7, 11) is 0. The average molecular weight is 263 g/mol. The van der Waals surface area contributed by atoms with Crippen LogP contribution in [0.15, 0.2) is 18.2 Å². The molecule has 1 amide bonds. The summed E-state index contributed by atoms with van der Waals surface area (Å²) < 4.78 is 0. The number of rotatable bonds is 2. The van der Waals surface area contributed by atoms with Gasteiger partial charge < -0.3 is 11.1 Å². The monoisotopic (exact) mass is 262 g/mol. The van der Waals surface area contributed by atoms with Crippen molar-refractivity contribution >= 4 is 35.6 Å². The first-order chi connectivity index (χ1) is 6.80. The molecule has 5 heteroatoms. The number of anilines is 1. The predicted octanol–water partition coefficient (Wildman–Crippen LogP) is 2.75. The summed E-state index contributed by atoms with van der Waals surface area (Å²) in [6, 6.07) is 5.35. The molecule has 0 fully saturated rings. The number of nitrogens with one attached hydrogen (secondary N) is 1. The van der Waals surface area contributed by atoms with Crippen LogP contribution < -0.4 is 11.1 Å². The van der Waals surface area contributed by atoms with E-state index in [-0.39, 0.29) is 18.3 Å². The van der Waals surface area contributed by atoms with Gasteiger partial charge >= 0.3 is 0 Å². The zero-order chi connectivity index (χ0) is 11.6. The molecule has 0 aliphatic carbocycles. The Morgan fingerprint density at radius 1 is 1.44 bits per heavy atom. The van der Waals surface area contributed by atoms with Gasteiger partial charge in [0.2, 0.25) is 5.91 Å². The molecule has 16 heavy (non-hydrogen) atoms. The van der Waals surface area contributed by atoms with E-state index in [0.717, 1.165) is 5.56 Å². The van der Waals surface area contributed by atoms with Crippen LogP contribution in [0.5, 0.6) is 0 Å². The van der Waals surface area contributed by atoms with Crippen LogP contribution >= 0.6 is 24.0 Å². The van der Waals surface area contributed by atoms with Crippen LogP contribution in [0.1, 0.15) is 19.4 Å². The second-order valence-corrected chi connectivity index (χ2v) is 4.55. The molecule has 0 aliphatic heterocycles. The van der Waals surface area contributed by atoms with Gasteiger partial charge in [0.25, 0.3) is 0 Å². The van der Waals surface area contributed by atoms with Crippen LogP contribution in [-0.2, 0) is 4.79 Å². The van der Waals surface area contributed by atoms with E-state index < -0.39 is 5.54 Å². The second kappa shape index (κ2) is 5.53. The molecule has 0 atom stereocenters. The van der Waals surface area contributed by atoms with Crippen LogP contribution in [0.4, 0.5) is 5.69 Å². The topological polar surface area (TPSA) is 55.1 Å². The molecule has 90 valence electrons. The number of benzene rings is 1. The molecule has 0 heterocycles. The average Bonchev–Trinajstić information content (AvgIpc) is 2.10. The van der Waals surface area contributed by atoms with Crippen LogP contribution in [0.25, 0.3) is 0 Å². The van der Waals surface area contributed by atoms with Gasteiger partial charge in [-0.3, -0.25) is 4.79 Å². The lowest BCUT2D eigenvalue weighted by Crippen LogP contribution is -2.45. The molecule has 0 aromatic heterocycles. The van der Waals surface area contributed by atoms with E-state index in [4.69, 9.17) is 17.3 Å². The fourth-order valence-electron chi connectivity index (χ4n) is 0.963. The molecule has 3 nitrogen and oxygen atoms in total. The van der Waals surface area contributed by atoms with Crippen LogP contribution in [-0.4, -0.2) is 11.4 Å². The summed E-state index contributed by atoms with van der Waals surface area (Å²) in [6.45, 7) is 5.21. The quantitative estimate of drug-likeness (QED) is 0.862. The van der Waals surface area contributed by atoms with Crippen molar-refractivity contribution in [3.05, 3.63) is 28.8 Å². The van der Waals surface area contributed by atoms with Gasteiger partial charge in [0.05, 0.1) is 5.54 Å². The highest BCUT2D eigenvalue weighted by Crippen LogP contribution is 2.20. The van der Waals surface area contributed by atoms with Crippen LogP contribution in [0.2, 0.25) is 5.02 Å². The molecule has 0 bridgehead atoms. The molecule has 1 aromatic rings. The number of amides is 1. The van der Waals surface area contributed by atoms with Crippen molar-refractivity contribution in [1.82, 2.24) is 0 Å². The number of nitrogens with two attached hydrogens (primary N) is 1. The minimum absolute atomic E-state index is 0. The van der Waals surface area contributed by atoms with Crippen molar-refractivity contribution in [3.8, 4) is 0 Å². The normalized spacial score (nSPS) is 10.6. The minimum atomic E-state index is -0.892. The number of carbonyl (C=O) groups excluding carboxylic acids is 1. The highest BCUT2D eigenvalue weighted by Gasteiger charge is 2.21. The summed E-state index contributed by atoms with van der Waals surface area (Å²) >= 11 is 5.93. The van der Waals surface area contributed by atoms with E-state index in [1.807, 2.05) is 13.0 Å². The van der Waals surface area contributed by atoms with Gasteiger partial charge in [-0.05, 0) is 38.5 Å². The fraction of sp³-hybridized carbons (Fsp3) is 0.364. The lowest BCUT2D eigenvalue weighted by molar-refractivity contribution is -0.120. The van der Waals surface area contributed by atoms with Crippen molar-refractivity contribution < 1.29 is 4.79 Å². The lowest BCUT2D eigenvalue weighted by Gasteiger charge is -2.18. The van der Waals surface area contributed by atoms with Gasteiger partial charge in [0.15, 0.2) is 0 Å². The third kappa shape index (κ3) is 4.00. The van der Waals surface area contributed by atoms with E-state index >= 15 is 0 Å². The second-order valence-electron chi connectivity index (χ2n) is 4.14. The molecule has 0 aliphatic rings. The molecule has 3 N–H and O–H groups in total. The fourth-order valence-corrected chi connectivity index (χ4v) is 1.14. The Hall–Kier alpha value is -0.770. The summed E-state index contributed by atoms with van der Waals surface area (Å²) in [4.78, 5) is 11.6. The van der Waals surface area contributed by atoms with E-state index in [1.54, 1.807) is 26.0 Å². The van der Waals surface area contributed by atoms with Crippen molar-refractivity contribution in [2.45, 2.75) is 26.3 Å². The predicted molar refractivity (Wildman–Crippen MR) is 70.3 cm³/mol. The highest BCUT2D eigenvalue weighted by atomic mass is 35.5. The summed E-state index contributed by atoms with van der Waals surface area (Å²) in [5.41, 5.74) is 6.39. The molecule has 0 unspecified atom stereocenters. The standard InChI is InChI=1S/C11H15ClN2O.ClH/c1-7-4-5-8(6-9(7)12)14-10(15)11(2,3)13;/h4-6H,13H2,1-3H3,(H,14,15);1H. The van der Waals surface area contributed by atoms with Crippen molar-refractivity contribution in [2.24, 2.45) is 5.73 Å². The molecule has 0 saturated heterocycles. The third-order valence-corrected chi connectivity index (χ3v) is 2.42. The lowest BCUT2D eigenvalue weighted by atomic mass is 10.1. The Morgan fingerprint density at radius 3 is 2.44 bits per heavy atom. The van der Waals surface area contributed by atoms with Gasteiger partial charge in [0, 0.05) is 10.7 Å². The van der Waals surface area contributed by atoms with Crippen molar-refractivity contribution in [2.75, 3.05) is 5.32 Å². The summed E-state index contributed by atoms with van der Waals surface area (Å²) in [5.74, 6) is -0.234. The zero-order valence-electron chi connectivity index (χ0n) is 9.50. The Labute approximate surface area is 107 Å². The molecular weight excluding hydrogens is 247 g/mol. The number of hydrogen-bond donors (Lipinski definition) is 2. The Balaban J connectivity index is 0.00000225. The SMILES string of the molecule is Cc1ccc(NC(=O)C(C)(C)N)cc1Cl.Cl. The van der Waals surface area contributed by atoms with Gasteiger partial charge in [-0.2, -0.15) is 0 Å². The number of aryl methyl sites for hydroxylation is 1. The maximum absolute atomic E-state index is 11.6. The minimum Gasteiger partial charge on any atom is -0.324 e. The zero-order valence-corrected chi connectivity index (χ0v) is 11.1. The molecule has 1 aromatic carbocycles. The summed E-state index contributed by atoms with van der Waals surface area (Å²) in [6.07, 6.45) is 0. The van der Waals surface area contributed by atoms with Crippen molar-refractivity contribution in [3.63, 3.8) is 0 Å². The van der Waals surface area contributed by atoms with Gasteiger partial charge in [-0.15, -0.1) is 12.4 Å². The number of halogens is 2. The van der Waals surface area contributed by atoms with E-state index in [2.05, 4.69) is 5.32 Å².